The molecule has 68 valence electrons. The number of nitrogens with one attached hydrogen (secondary N) is 1. The van der Waals surface area contributed by atoms with Gasteiger partial charge in [0.15, 0.2) is 0 Å². The molecular weight excluding hydrogens is 176 g/mol. The predicted molar refractivity (Wildman–Crippen MR) is 53.2 cm³/mol. The van der Waals surface area contributed by atoms with Crippen LogP contribution in [-0.2, 0) is 4.79 Å². The monoisotopic (exact) mass is 184 g/mol. The van der Waals surface area contributed by atoms with Gasteiger partial charge in [0.25, 0.3) is 0 Å². The molecule has 14 heavy (non-hydrogen) atoms. The molecule has 3 heteroatoms. The van der Waals surface area contributed by atoms with Crippen LogP contribution in [0.5, 0.6) is 0 Å². The Morgan fingerprint density at radius 1 is 1.50 bits per heavy atom. The summed E-state index contributed by atoms with van der Waals surface area (Å²) in [5.74, 6) is 2.09. The Hall–Kier alpha value is -2.26. The number of nitriles is 1. The molecule has 0 fully saturated rings. The van der Waals surface area contributed by atoms with E-state index in [1.807, 2.05) is 0 Å². The molecule has 1 N–H and O–H groups in total. The normalized spacial score (nSPS) is 8.43. The Morgan fingerprint density at radius 3 is 2.86 bits per heavy atom. The highest BCUT2D eigenvalue weighted by Gasteiger charge is 2.03. The smallest absolute Gasteiger partial charge is 0.238 e. The van der Waals surface area contributed by atoms with E-state index in [-0.39, 0.29) is 12.3 Å². The Labute approximate surface area is 82.4 Å². The average Bonchev–Trinajstić information content (AvgIpc) is 2.19. The van der Waals surface area contributed by atoms with E-state index >= 15 is 0 Å². The molecule has 1 amide bonds. The Bertz CT molecular complexity index is 424. The number of carbonyl (C=O) groups excluding carboxylic acids is 1. The maximum atomic E-state index is 11.1. The summed E-state index contributed by atoms with van der Waals surface area (Å²) >= 11 is 0. The summed E-state index contributed by atoms with van der Waals surface area (Å²) in [6.45, 7) is 0. The molecular formula is C11H8N2O. The number of carbonyl (C=O) groups is 1. The minimum atomic E-state index is -0.352. The van der Waals surface area contributed by atoms with E-state index < -0.39 is 0 Å². The fourth-order valence-corrected chi connectivity index (χ4v) is 0.984. The summed E-state index contributed by atoms with van der Waals surface area (Å²) in [6.07, 6.45) is 5.07. The highest BCUT2D eigenvalue weighted by Crippen LogP contribution is 2.13. The van der Waals surface area contributed by atoms with Crippen molar-refractivity contribution in [3.8, 4) is 18.4 Å². The van der Waals surface area contributed by atoms with Crippen LogP contribution in [0.3, 0.4) is 0 Å². The van der Waals surface area contributed by atoms with Crippen LogP contribution in [0.2, 0.25) is 0 Å². The topological polar surface area (TPSA) is 52.9 Å². The molecule has 0 aliphatic heterocycles. The van der Waals surface area contributed by atoms with Crippen molar-refractivity contribution in [3.63, 3.8) is 0 Å². The van der Waals surface area contributed by atoms with Crippen LogP contribution >= 0.6 is 0 Å². The van der Waals surface area contributed by atoms with Gasteiger partial charge in [0, 0.05) is 5.56 Å². The minimum Gasteiger partial charge on any atom is -0.324 e. The van der Waals surface area contributed by atoms with Crippen molar-refractivity contribution in [3.05, 3.63) is 29.8 Å². The highest BCUT2D eigenvalue weighted by molar-refractivity contribution is 5.93. The second-order valence-corrected chi connectivity index (χ2v) is 2.57. The van der Waals surface area contributed by atoms with E-state index in [2.05, 4.69) is 11.2 Å². The molecule has 1 aromatic carbocycles. The number of hydrogen-bond acceptors (Lipinski definition) is 2. The zero-order valence-corrected chi connectivity index (χ0v) is 7.45. The number of anilines is 1. The van der Waals surface area contributed by atoms with E-state index in [0.717, 1.165) is 0 Å². The standard InChI is InChI=1S/C11H8N2O/c1-2-9-5-3-4-6-10(9)13-11(14)7-8-12/h1,3-6H,7H2,(H,13,14). The maximum Gasteiger partial charge on any atom is 0.238 e. The molecule has 0 bridgehead atoms. The van der Waals surface area contributed by atoms with Gasteiger partial charge in [-0.1, -0.05) is 18.1 Å². The van der Waals surface area contributed by atoms with Gasteiger partial charge in [0.1, 0.15) is 6.42 Å². The number of amides is 1. The highest BCUT2D eigenvalue weighted by atomic mass is 16.1. The lowest BCUT2D eigenvalue weighted by atomic mass is 10.2. The van der Waals surface area contributed by atoms with Gasteiger partial charge in [-0.3, -0.25) is 4.79 Å². The molecule has 0 atom stereocenters. The van der Waals surface area contributed by atoms with Gasteiger partial charge < -0.3 is 5.32 Å². The fraction of sp³-hybridized carbons (Fsp3) is 0.0909. The number of benzene rings is 1. The molecule has 0 unspecified atom stereocenters. The zero-order chi connectivity index (χ0) is 10.4. The Balaban J connectivity index is 2.83. The van der Waals surface area contributed by atoms with Gasteiger partial charge in [0.2, 0.25) is 5.91 Å². The van der Waals surface area contributed by atoms with Gasteiger partial charge in [-0.2, -0.15) is 5.26 Å². The first-order chi connectivity index (χ1) is 6.77. The van der Waals surface area contributed by atoms with Crippen molar-refractivity contribution in [2.24, 2.45) is 0 Å². The van der Waals surface area contributed by atoms with Gasteiger partial charge in [-0.15, -0.1) is 6.42 Å². The molecule has 0 aromatic heterocycles. The molecule has 0 spiro atoms. The molecule has 1 rings (SSSR count). The number of nitrogens with zero attached hydrogens (tertiary/aromatic N) is 1. The molecule has 0 saturated carbocycles. The molecule has 1 aromatic rings. The first kappa shape index (κ1) is 9.83. The van der Waals surface area contributed by atoms with Crippen molar-refractivity contribution in [2.45, 2.75) is 6.42 Å². The lowest BCUT2D eigenvalue weighted by Crippen LogP contribution is -2.11. The van der Waals surface area contributed by atoms with Crippen LogP contribution in [0.25, 0.3) is 0 Å². The van der Waals surface area contributed by atoms with Crippen LogP contribution in [0.15, 0.2) is 24.3 Å². The quantitative estimate of drug-likeness (QED) is 0.708. The van der Waals surface area contributed by atoms with E-state index in [0.29, 0.717) is 11.3 Å². The summed E-state index contributed by atoms with van der Waals surface area (Å²) in [6, 6.07) is 8.74. The third-order valence-corrected chi connectivity index (χ3v) is 1.60. The van der Waals surface area contributed by atoms with Gasteiger partial charge in [-0.05, 0) is 12.1 Å². The van der Waals surface area contributed by atoms with Crippen molar-refractivity contribution in [2.75, 3.05) is 5.32 Å². The summed E-state index contributed by atoms with van der Waals surface area (Å²) in [4.78, 5) is 11.1. The second-order valence-electron chi connectivity index (χ2n) is 2.57. The third-order valence-electron chi connectivity index (χ3n) is 1.60. The van der Waals surface area contributed by atoms with E-state index in [9.17, 15) is 4.79 Å². The number of terminal acetylenes is 1. The average molecular weight is 184 g/mol. The van der Waals surface area contributed by atoms with E-state index in [4.69, 9.17) is 11.7 Å². The Kier molecular flexibility index (Phi) is 3.29. The lowest BCUT2D eigenvalue weighted by Gasteiger charge is -2.04. The molecule has 0 radical (unpaired) electrons. The van der Waals surface area contributed by atoms with Crippen molar-refractivity contribution >= 4 is 11.6 Å². The predicted octanol–water partition coefficient (Wildman–Crippen LogP) is 1.52. The number of hydrogen-bond donors (Lipinski definition) is 1. The van der Waals surface area contributed by atoms with E-state index in [1.54, 1.807) is 30.3 Å². The van der Waals surface area contributed by atoms with Crippen LogP contribution in [0, 0.1) is 23.7 Å². The number of para-hydroxylation sites is 1. The first-order valence-electron chi connectivity index (χ1n) is 4.00. The lowest BCUT2D eigenvalue weighted by molar-refractivity contribution is -0.115. The molecule has 0 aliphatic carbocycles. The second kappa shape index (κ2) is 4.69. The molecule has 0 saturated heterocycles. The van der Waals surface area contributed by atoms with Crippen molar-refractivity contribution < 1.29 is 4.79 Å². The molecule has 3 nitrogen and oxygen atoms in total. The van der Waals surface area contributed by atoms with E-state index in [1.165, 1.54) is 0 Å². The summed E-state index contributed by atoms with van der Waals surface area (Å²) in [5.41, 5.74) is 1.18. The largest absolute Gasteiger partial charge is 0.324 e. The summed E-state index contributed by atoms with van der Waals surface area (Å²) in [7, 11) is 0. The molecule has 0 heterocycles. The molecule has 0 aliphatic rings. The van der Waals surface area contributed by atoms with Gasteiger partial charge in [0.05, 0.1) is 11.8 Å². The summed E-state index contributed by atoms with van der Waals surface area (Å²) < 4.78 is 0. The van der Waals surface area contributed by atoms with Crippen LogP contribution in [0.4, 0.5) is 5.69 Å². The van der Waals surface area contributed by atoms with Crippen LogP contribution in [0.1, 0.15) is 12.0 Å². The Morgan fingerprint density at radius 2 is 2.21 bits per heavy atom. The van der Waals surface area contributed by atoms with Gasteiger partial charge >= 0.3 is 0 Å². The van der Waals surface area contributed by atoms with Crippen LogP contribution < -0.4 is 5.32 Å². The maximum absolute atomic E-state index is 11.1. The first-order valence-corrected chi connectivity index (χ1v) is 4.00. The number of rotatable bonds is 2. The van der Waals surface area contributed by atoms with Gasteiger partial charge in [-0.25, -0.2) is 0 Å². The minimum absolute atomic E-state index is 0.168. The summed E-state index contributed by atoms with van der Waals surface area (Å²) in [5, 5.41) is 10.8. The fourth-order valence-electron chi connectivity index (χ4n) is 0.984. The SMILES string of the molecule is C#Cc1ccccc1NC(=O)CC#N. The van der Waals surface area contributed by atoms with Crippen molar-refractivity contribution in [1.29, 1.82) is 5.26 Å². The third kappa shape index (κ3) is 2.36. The van der Waals surface area contributed by atoms with Crippen LogP contribution in [-0.4, -0.2) is 5.91 Å². The van der Waals surface area contributed by atoms with Crippen molar-refractivity contribution in [1.82, 2.24) is 0 Å². The zero-order valence-electron chi connectivity index (χ0n) is 7.45.